The highest BCUT2D eigenvalue weighted by Crippen LogP contribution is 2.36. The zero-order valence-corrected chi connectivity index (χ0v) is 15.1. The normalized spacial score (nSPS) is 15.9. The second-order valence-electron chi connectivity index (χ2n) is 6.66. The topological polar surface area (TPSA) is 74.2 Å². The molecular weight excluding hydrogens is 350 g/mol. The average molecular weight is 370 g/mol. The second-order valence-corrected chi connectivity index (χ2v) is 7.07. The first-order chi connectivity index (χ1) is 12.7. The van der Waals surface area contributed by atoms with Crippen LogP contribution in [0.25, 0.3) is 11.5 Å². The van der Waals surface area contributed by atoms with Gasteiger partial charge in [-0.1, -0.05) is 59.9 Å². The molecule has 0 aliphatic heterocycles. The van der Waals surface area contributed by atoms with E-state index in [1.54, 1.807) is 0 Å². The van der Waals surface area contributed by atoms with E-state index in [0.29, 0.717) is 29.1 Å². The first-order valence-electron chi connectivity index (χ1n) is 8.74. The van der Waals surface area contributed by atoms with Gasteiger partial charge in [-0.2, -0.15) is 4.98 Å². The zero-order chi connectivity index (χ0) is 18.0. The molecule has 2 N–H and O–H groups in total. The minimum absolute atomic E-state index is 0.360. The molecule has 0 unspecified atom stereocenters. The lowest BCUT2D eigenvalue weighted by Crippen LogP contribution is -2.34. The van der Waals surface area contributed by atoms with Crippen molar-refractivity contribution in [1.82, 2.24) is 10.1 Å². The SMILES string of the molecule is NC1(c2noc(-c3ccccc3OCc3ccccc3Cl)n2)CCCC1. The van der Waals surface area contributed by atoms with Gasteiger partial charge in [0.05, 0.1) is 11.1 Å². The van der Waals surface area contributed by atoms with E-state index in [1.807, 2.05) is 48.5 Å². The Morgan fingerprint density at radius 3 is 2.62 bits per heavy atom. The Bertz CT molecular complexity index is 903. The molecule has 6 heteroatoms. The molecule has 4 rings (SSSR count). The number of ether oxygens (including phenoxy) is 1. The number of para-hydroxylation sites is 1. The fraction of sp³-hybridized carbons (Fsp3) is 0.300. The number of rotatable bonds is 5. The minimum Gasteiger partial charge on any atom is -0.488 e. The van der Waals surface area contributed by atoms with Crippen LogP contribution in [0.2, 0.25) is 5.02 Å². The summed E-state index contributed by atoms with van der Waals surface area (Å²) in [6, 6.07) is 15.2. The molecule has 1 heterocycles. The maximum Gasteiger partial charge on any atom is 0.261 e. The number of halogens is 1. The summed E-state index contributed by atoms with van der Waals surface area (Å²) < 4.78 is 11.5. The van der Waals surface area contributed by atoms with Crippen LogP contribution >= 0.6 is 11.6 Å². The average Bonchev–Trinajstić information content (AvgIpc) is 3.32. The van der Waals surface area contributed by atoms with Gasteiger partial charge in [0, 0.05) is 10.6 Å². The molecule has 0 bridgehead atoms. The molecule has 1 aliphatic carbocycles. The van der Waals surface area contributed by atoms with E-state index in [1.165, 1.54) is 0 Å². The lowest BCUT2D eigenvalue weighted by Gasteiger charge is -2.17. The first-order valence-corrected chi connectivity index (χ1v) is 9.12. The molecule has 0 spiro atoms. The number of hydrogen-bond donors (Lipinski definition) is 1. The Balaban J connectivity index is 1.58. The van der Waals surface area contributed by atoms with Crippen molar-refractivity contribution in [1.29, 1.82) is 0 Å². The van der Waals surface area contributed by atoms with Gasteiger partial charge in [0.2, 0.25) is 0 Å². The lowest BCUT2D eigenvalue weighted by molar-refractivity contribution is 0.306. The molecule has 5 nitrogen and oxygen atoms in total. The summed E-state index contributed by atoms with van der Waals surface area (Å²) in [5.41, 5.74) is 7.62. The van der Waals surface area contributed by atoms with Crippen molar-refractivity contribution in [2.75, 3.05) is 0 Å². The molecule has 26 heavy (non-hydrogen) atoms. The first kappa shape index (κ1) is 17.1. The molecule has 134 valence electrons. The van der Waals surface area contributed by atoms with Crippen molar-refractivity contribution >= 4 is 11.6 Å². The van der Waals surface area contributed by atoms with Crippen molar-refractivity contribution < 1.29 is 9.26 Å². The summed E-state index contributed by atoms with van der Waals surface area (Å²) in [6.07, 6.45) is 3.96. The van der Waals surface area contributed by atoms with Crippen molar-refractivity contribution in [2.24, 2.45) is 5.73 Å². The highest BCUT2D eigenvalue weighted by Gasteiger charge is 2.36. The molecule has 1 saturated carbocycles. The van der Waals surface area contributed by atoms with Crippen LogP contribution in [0.5, 0.6) is 5.75 Å². The zero-order valence-electron chi connectivity index (χ0n) is 14.3. The maximum absolute atomic E-state index is 6.43. The smallest absolute Gasteiger partial charge is 0.261 e. The van der Waals surface area contributed by atoms with Gasteiger partial charge < -0.3 is 15.0 Å². The van der Waals surface area contributed by atoms with E-state index < -0.39 is 5.54 Å². The predicted octanol–water partition coefficient (Wildman–Crippen LogP) is 4.70. The maximum atomic E-state index is 6.43. The highest BCUT2D eigenvalue weighted by atomic mass is 35.5. The molecule has 0 amide bonds. The molecule has 0 atom stereocenters. The van der Waals surface area contributed by atoms with Crippen LogP contribution in [0.15, 0.2) is 53.1 Å². The number of nitrogens with two attached hydrogens (primary N) is 1. The minimum atomic E-state index is -0.477. The molecule has 3 aromatic rings. The molecule has 2 aromatic carbocycles. The van der Waals surface area contributed by atoms with E-state index in [-0.39, 0.29) is 0 Å². The molecule has 0 saturated heterocycles. The Morgan fingerprint density at radius 1 is 1.08 bits per heavy atom. The van der Waals surface area contributed by atoms with Gasteiger partial charge in [-0.25, -0.2) is 0 Å². The van der Waals surface area contributed by atoms with Gasteiger partial charge in [0.1, 0.15) is 12.4 Å². The summed E-state index contributed by atoms with van der Waals surface area (Å²) in [5, 5.41) is 4.81. The van der Waals surface area contributed by atoms with Gasteiger partial charge >= 0.3 is 0 Å². The number of hydrogen-bond acceptors (Lipinski definition) is 5. The van der Waals surface area contributed by atoms with Gasteiger partial charge in [-0.15, -0.1) is 0 Å². The van der Waals surface area contributed by atoms with Gasteiger partial charge in [0.15, 0.2) is 5.82 Å². The Kier molecular flexibility index (Phi) is 4.66. The molecule has 1 aliphatic rings. The van der Waals surface area contributed by atoms with E-state index in [9.17, 15) is 0 Å². The Morgan fingerprint density at radius 2 is 1.81 bits per heavy atom. The van der Waals surface area contributed by atoms with Crippen molar-refractivity contribution in [3.63, 3.8) is 0 Å². The van der Waals surface area contributed by atoms with E-state index in [2.05, 4.69) is 10.1 Å². The summed E-state index contributed by atoms with van der Waals surface area (Å²) >= 11 is 6.20. The van der Waals surface area contributed by atoms with Gasteiger partial charge in [-0.05, 0) is 31.0 Å². The Hall–Kier alpha value is -2.37. The molecule has 1 fully saturated rings. The quantitative estimate of drug-likeness (QED) is 0.705. The van der Waals surface area contributed by atoms with Crippen LogP contribution in [0.1, 0.15) is 37.1 Å². The predicted molar refractivity (Wildman–Crippen MR) is 99.9 cm³/mol. The Labute approximate surface area is 157 Å². The monoisotopic (exact) mass is 369 g/mol. The van der Waals surface area contributed by atoms with Crippen molar-refractivity contribution in [2.45, 2.75) is 37.8 Å². The van der Waals surface area contributed by atoms with Crippen molar-refractivity contribution in [3.05, 3.63) is 64.9 Å². The molecular formula is C20H20ClN3O2. The number of nitrogens with zero attached hydrogens (tertiary/aromatic N) is 2. The van der Waals surface area contributed by atoms with E-state index >= 15 is 0 Å². The number of aromatic nitrogens is 2. The van der Waals surface area contributed by atoms with E-state index in [4.69, 9.17) is 26.6 Å². The third-order valence-electron chi connectivity index (χ3n) is 4.83. The van der Waals surface area contributed by atoms with Crippen LogP contribution in [0, 0.1) is 0 Å². The fourth-order valence-corrected chi connectivity index (χ4v) is 3.50. The van der Waals surface area contributed by atoms with Crippen LogP contribution in [0.3, 0.4) is 0 Å². The van der Waals surface area contributed by atoms with Crippen LogP contribution in [0.4, 0.5) is 0 Å². The third kappa shape index (κ3) is 3.32. The molecule has 1 aromatic heterocycles. The van der Waals surface area contributed by atoms with Crippen LogP contribution in [-0.2, 0) is 12.1 Å². The highest BCUT2D eigenvalue weighted by molar-refractivity contribution is 6.31. The summed E-state index contributed by atoms with van der Waals surface area (Å²) in [5.74, 6) is 1.66. The summed E-state index contributed by atoms with van der Waals surface area (Å²) in [4.78, 5) is 4.56. The summed E-state index contributed by atoms with van der Waals surface area (Å²) in [7, 11) is 0. The third-order valence-corrected chi connectivity index (χ3v) is 5.19. The molecule has 0 radical (unpaired) electrons. The number of benzene rings is 2. The van der Waals surface area contributed by atoms with Gasteiger partial charge in [0.25, 0.3) is 5.89 Å². The largest absolute Gasteiger partial charge is 0.488 e. The second kappa shape index (κ2) is 7.09. The van der Waals surface area contributed by atoms with Crippen molar-refractivity contribution in [3.8, 4) is 17.2 Å². The van der Waals surface area contributed by atoms with Gasteiger partial charge in [-0.3, -0.25) is 0 Å². The fourth-order valence-electron chi connectivity index (χ4n) is 3.30. The van der Waals surface area contributed by atoms with Crippen LogP contribution < -0.4 is 10.5 Å². The van der Waals surface area contributed by atoms with Crippen LogP contribution in [-0.4, -0.2) is 10.1 Å². The standard InChI is InChI=1S/C20H20ClN3O2/c21-16-9-3-1-7-14(16)13-25-17-10-4-2-8-15(17)18-23-19(24-26-18)20(22)11-5-6-12-20/h1-4,7-10H,5-6,11-13,22H2. The van der Waals surface area contributed by atoms with E-state index in [0.717, 1.165) is 36.8 Å². The lowest BCUT2D eigenvalue weighted by atomic mass is 9.99. The summed E-state index contributed by atoms with van der Waals surface area (Å²) in [6.45, 7) is 0.360.